The highest BCUT2D eigenvalue weighted by Gasteiger charge is 2.36. The fourth-order valence-electron chi connectivity index (χ4n) is 2.87. The highest BCUT2D eigenvalue weighted by molar-refractivity contribution is 5.73. The zero-order valence-electron chi connectivity index (χ0n) is 16.4. The molecule has 3 atom stereocenters. The Hall–Kier alpha value is -1.05. The van der Waals surface area contributed by atoms with E-state index < -0.39 is 17.0 Å². The van der Waals surface area contributed by atoms with Gasteiger partial charge in [0.2, 0.25) is 0 Å². The Morgan fingerprint density at radius 1 is 1.04 bits per heavy atom. The summed E-state index contributed by atoms with van der Waals surface area (Å²) in [4.78, 5) is 11.0. The van der Waals surface area contributed by atoms with Crippen molar-refractivity contribution in [3.05, 3.63) is 0 Å². The summed E-state index contributed by atoms with van der Waals surface area (Å²) in [6.45, 7) is 7.49. The number of epoxide rings is 1. The van der Waals surface area contributed by atoms with Crippen molar-refractivity contribution in [1.82, 2.24) is 0 Å². The van der Waals surface area contributed by atoms with E-state index in [9.17, 15) is 9.90 Å². The fourth-order valence-corrected chi connectivity index (χ4v) is 2.87. The number of hydrogen-bond donors (Lipinski definition) is 2. The summed E-state index contributed by atoms with van der Waals surface area (Å²) >= 11 is 0. The van der Waals surface area contributed by atoms with Crippen LogP contribution in [0.25, 0.3) is 0 Å². The molecule has 0 aromatic rings. The Kier molecular flexibility index (Phi) is 8.96. The van der Waals surface area contributed by atoms with E-state index in [-0.39, 0.29) is 12.2 Å². The lowest BCUT2D eigenvalue weighted by atomic mass is 9.87. The van der Waals surface area contributed by atoms with Crippen molar-refractivity contribution in [2.75, 3.05) is 0 Å². The maximum Gasteiger partial charge on any atom is 0.309 e. The van der Waals surface area contributed by atoms with E-state index in [0.717, 1.165) is 32.1 Å². The lowest BCUT2D eigenvalue weighted by Crippen LogP contribution is -2.23. The van der Waals surface area contributed by atoms with Crippen LogP contribution in [0.3, 0.4) is 0 Å². The van der Waals surface area contributed by atoms with Crippen molar-refractivity contribution in [2.24, 2.45) is 5.41 Å². The molecule has 0 aromatic heterocycles. The number of rotatable bonds is 12. The first-order valence-corrected chi connectivity index (χ1v) is 9.82. The van der Waals surface area contributed by atoms with Crippen LogP contribution in [0.1, 0.15) is 91.9 Å². The molecule has 0 radical (unpaired) electrons. The van der Waals surface area contributed by atoms with Crippen LogP contribution in [-0.4, -0.2) is 34.0 Å². The van der Waals surface area contributed by atoms with Crippen molar-refractivity contribution in [3.8, 4) is 11.8 Å². The topological polar surface area (TPSA) is 70.1 Å². The summed E-state index contributed by atoms with van der Waals surface area (Å²) in [5.41, 5.74) is -1.60. The first kappa shape index (κ1) is 22.0. The molecule has 0 aromatic carbocycles. The average Bonchev–Trinajstić information content (AvgIpc) is 3.27. The van der Waals surface area contributed by atoms with Crippen molar-refractivity contribution < 1.29 is 19.7 Å². The minimum atomic E-state index is -0.958. The molecule has 1 aliphatic heterocycles. The van der Waals surface area contributed by atoms with Gasteiger partial charge in [-0.3, -0.25) is 4.79 Å². The Labute approximate surface area is 153 Å². The molecule has 0 saturated carbocycles. The minimum Gasteiger partial charge on any atom is -0.481 e. The highest BCUT2D eigenvalue weighted by Crippen LogP contribution is 2.27. The van der Waals surface area contributed by atoms with Gasteiger partial charge in [-0.15, -0.1) is 0 Å². The van der Waals surface area contributed by atoms with E-state index in [1.165, 1.54) is 19.3 Å². The van der Waals surface area contributed by atoms with Crippen LogP contribution in [0.2, 0.25) is 0 Å². The molecule has 1 saturated heterocycles. The minimum absolute atomic E-state index is 0.0154. The van der Waals surface area contributed by atoms with Crippen LogP contribution in [0.15, 0.2) is 0 Å². The zero-order chi connectivity index (χ0) is 18.9. The molecule has 144 valence electrons. The molecule has 1 heterocycles. The lowest BCUT2D eigenvalue weighted by molar-refractivity contribution is -0.147. The number of carboxylic acids is 1. The number of carbonyl (C=O) groups is 1. The number of ether oxygens (including phenoxy) is 1. The molecule has 25 heavy (non-hydrogen) atoms. The highest BCUT2D eigenvalue weighted by atomic mass is 16.6. The van der Waals surface area contributed by atoms with E-state index in [2.05, 4.69) is 18.8 Å². The Bertz CT molecular complexity index is 470. The Balaban J connectivity index is 2.14. The van der Waals surface area contributed by atoms with Gasteiger partial charge >= 0.3 is 5.97 Å². The van der Waals surface area contributed by atoms with Gasteiger partial charge in [0.1, 0.15) is 11.7 Å². The summed E-state index contributed by atoms with van der Waals surface area (Å²) in [5.74, 6) is 5.31. The van der Waals surface area contributed by atoms with Crippen LogP contribution in [0.5, 0.6) is 0 Å². The second-order valence-corrected chi connectivity index (χ2v) is 8.24. The maximum absolute atomic E-state index is 11.0. The first-order valence-electron chi connectivity index (χ1n) is 9.82. The van der Waals surface area contributed by atoms with Crippen molar-refractivity contribution in [3.63, 3.8) is 0 Å². The molecule has 1 aliphatic rings. The quantitative estimate of drug-likeness (QED) is 0.307. The number of carboxylic acid groups (broad SMARTS) is 1. The summed E-state index contributed by atoms with van der Waals surface area (Å²) in [7, 11) is 0. The maximum atomic E-state index is 11.0. The molecule has 0 bridgehead atoms. The molecule has 4 nitrogen and oxygen atoms in total. The summed E-state index contributed by atoms with van der Waals surface area (Å²) in [6, 6.07) is 0. The third-order valence-corrected chi connectivity index (χ3v) is 4.95. The van der Waals surface area contributed by atoms with E-state index in [1.54, 1.807) is 20.8 Å². The van der Waals surface area contributed by atoms with Crippen LogP contribution in [0.4, 0.5) is 0 Å². The summed E-state index contributed by atoms with van der Waals surface area (Å²) in [6.07, 6.45) is 10.1. The molecule has 0 spiro atoms. The van der Waals surface area contributed by atoms with Crippen LogP contribution in [-0.2, 0) is 9.53 Å². The molecule has 4 heteroatoms. The summed E-state index contributed by atoms with van der Waals surface area (Å²) < 4.78 is 5.54. The second-order valence-electron chi connectivity index (χ2n) is 8.24. The predicted octanol–water partition coefficient (Wildman–Crippen LogP) is 4.54. The Morgan fingerprint density at radius 3 is 2.28 bits per heavy atom. The number of hydrogen-bond acceptors (Lipinski definition) is 3. The van der Waals surface area contributed by atoms with Gasteiger partial charge in [0.25, 0.3) is 0 Å². The van der Waals surface area contributed by atoms with Gasteiger partial charge in [-0.25, -0.2) is 0 Å². The van der Waals surface area contributed by atoms with Crippen molar-refractivity contribution in [2.45, 2.75) is 110 Å². The van der Waals surface area contributed by atoms with Gasteiger partial charge in [0.05, 0.1) is 11.5 Å². The third kappa shape index (κ3) is 9.28. The average molecular weight is 353 g/mol. The van der Waals surface area contributed by atoms with Crippen molar-refractivity contribution >= 4 is 5.97 Å². The van der Waals surface area contributed by atoms with Gasteiger partial charge < -0.3 is 14.9 Å². The second kappa shape index (κ2) is 10.2. The molecular formula is C21H36O4. The predicted molar refractivity (Wildman–Crippen MR) is 100 cm³/mol. The summed E-state index contributed by atoms with van der Waals surface area (Å²) in [5, 5.41) is 19.4. The molecule has 3 unspecified atom stereocenters. The molecular weight excluding hydrogens is 316 g/mol. The zero-order valence-corrected chi connectivity index (χ0v) is 16.4. The van der Waals surface area contributed by atoms with Gasteiger partial charge in [-0.2, -0.15) is 0 Å². The van der Waals surface area contributed by atoms with E-state index in [4.69, 9.17) is 9.84 Å². The number of aliphatic carboxylic acids is 1. The van der Waals surface area contributed by atoms with E-state index in [0.29, 0.717) is 12.8 Å². The van der Waals surface area contributed by atoms with Gasteiger partial charge in [0.15, 0.2) is 0 Å². The third-order valence-electron chi connectivity index (χ3n) is 4.95. The standard InChI is InChI=1S/C21H36O4/c1-5-6-9-12-17-18(25-17)13-16-21(4,24)15-11-8-7-10-14-20(2,3)19(22)23/h17-18,24H,5-12,14-15H2,1-4H3,(H,22,23). The van der Waals surface area contributed by atoms with E-state index >= 15 is 0 Å². The SMILES string of the molecule is CCCCCC1OC1C#CC(C)(O)CCCCCCC(C)(C)C(=O)O. The molecule has 0 aliphatic carbocycles. The lowest BCUT2D eigenvalue weighted by Gasteiger charge is -2.19. The van der Waals surface area contributed by atoms with Crippen LogP contribution >= 0.6 is 0 Å². The van der Waals surface area contributed by atoms with Gasteiger partial charge in [-0.1, -0.05) is 57.3 Å². The molecule has 1 fully saturated rings. The first-order chi connectivity index (χ1) is 11.7. The van der Waals surface area contributed by atoms with Gasteiger partial charge in [-0.05, 0) is 46.5 Å². The van der Waals surface area contributed by atoms with Crippen LogP contribution in [0, 0.1) is 17.3 Å². The van der Waals surface area contributed by atoms with Crippen molar-refractivity contribution in [1.29, 1.82) is 0 Å². The molecule has 1 rings (SSSR count). The van der Waals surface area contributed by atoms with E-state index in [1.807, 2.05) is 0 Å². The largest absolute Gasteiger partial charge is 0.481 e. The molecule has 0 amide bonds. The fraction of sp³-hybridized carbons (Fsp3) is 0.857. The number of unbranched alkanes of at least 4 members (excludes halogenated alkanes) is 5. The Morgan fingerprint density at radius 2 is 1.68 bits per heavy atom. The smallest absolute Gasteiger partial charge is 0.309 e. The van der Waals surface area contributed by atoms with Crippen LogP contribution < -0.4 is 0 Å². The number of aliphatic hydroxyl groups is 1. The monoisotopic (exact) mass is 352 g/mol. The molecule has 2 N–H and O–H groups in total. The normalized spacial score (nSPS) is 22.0. The van der Waals surface area contributed by atoms with Gasteiger partial charge in [0, 0.05) is 0 Å².